The number of rotatable bonds is 8. The smallest absolute Gasteiger partial charge is 0.321 e. The summed E-state index contributed by atoms with van der Waals surface area (Å²) in [6, 6.07) is 11.5. The predicted octanol–water partition coefficient (Wildman–Crippen LogP) is 3.48. The zero-order valence-corrected chi connectivity index (χ0v) is 24.4. The predicted molar refractivity (Wildman–Crippen MR) is 152 cm³/mol. The summed E-state index contributed by atoms with van der Waals surface area (Å²) in [5.74, 6) is 0.0901. The van der Waals surface area contributed by atoms with Crippen molar-refractivity contribution in [3.8, 4) is 5.75 Å². The second kappa shape index (κ2) is 12.2. The van der Waals surface area contributed by atoms with E-state index in [1.807, 2.05) is 6.92 Å². The summed E-state index contributed by atoms with van der Waals surface area (Å²) in [6.07, 6.45) is -0.539. The zero-order chi connectivity index (χ0) is 29.9. The number of carbonyl (C=O) groups is 2. The summed E-state index contributed by atoms with van der Waals surface area (Å²) in [4.78, 5) is 29.7. The standard InChI is InChI=1S/C28H35N5O7S/c1-17-14-33(18(2)16-34)27(35)23-13-21(31-41(37,38)22-9-7-6-8-10-22)11-12-24(23)39-25(17)15-32(5)28(36)29-26-19(3)30-40-20(26)4/h6-13,17-18,25,31,34H,14-16H2,1-5H3,(H,29,36)/t17-,18-,25+/m1/s1. The molecule has 0 bridgehead atoms. The number of nitrogens with one attached hydrogen (secondary N) is 2. The zero-order valence-electron chi connectivity index (χ0n) is 23.6. The molecular weight excluding hydrogens is 550 g/mol. The van der Waals surface area contributed by atoms with Gasteiger partial charge in [-0.25, -0.2) is 13.2 Å². The van der Waals surface area contributed by atoms with E-state index < -0.39 is 28.1 Å². The Kier molecular flexibility index (Phi) is 8.88. The molecule has 1 aliphatic rings. The van der Waals surface area contributed by atoms with Gasteiger partial charge in [-0.1, -0.05) is 30.3 Å². The van der Waals surface area contributed by atoms with Gasteiger partial charge in [0.1, 0.15) is 23.2 Å². The van der Waals surface area contributed by atoms with Crippen LogP contribution in [0.1, 0.15) is 35.7 Å². The highest BCUT2D eigenvalue weighted by atomic mass is 32.2. The maximum Gasteiger partial charge on any atom is 0.321 e. The number of fused-ring (bicyclic) bond motifs is 1. The van der Waals surface area contributed by atoms with Gasteiger partial charge >= 0.3 is 6.03 Å². The van der Waals surface area contributed by atoms with E-state index >= 15 is 0 Å². The average molecular weight is 586 g/mol. The fourth-order valence-corrected chi connectivity index (χ4v) is 5.60. The van der Waals surface area contributed by atoms with Crippen LogP contribution in [0.15, 0.2) is 57.9 Å². The molecule has 13 heteroatoms. The normalized spacial score (nSPS) is 18.0. The molecule has 2 heterocycles. The number of hydrogen-bond acceptors (Lipinski definition) is 8. The number of benzene rings is 2. The van der Waals surface area contributed by atoms with Gasteiger partial charge in [-0.3, -0.25) is 9.52 Å². The molecule has 41 heavy (non-hydrogen) atoms. The summed E-state index contributed by atoms with van der Waals surface area (Å²) in [5.41, 5.74) is 1.37. The van der Waals surface area contributed by atoms with Crippen molar-refractivity contribution in [2.75, 3.05) is 36.8 Å². The number of ether oxygens (including phenoxy) is 1. The number of anilines is 2. The van der Waals surface area contributed by atoms with Gasteiger partial charge in [-0.05, 0) is 51.1 Å². The van der Waals surface area contributed by atoms with Crippen LogP contribution >= 0.6 is 0 Å². The molecule has 12 nitrogen and oxygen atoms in total. The summed E-state index contributed by atoms with van der Waals surface area (Å²) < 4.78 is 39.8. The van der Waals surface area contributed by atoms with E-state index in [0.717, 1.165) is 0 Å². The molecule has 0 unspecified atom stereocenters. The lowest BCUT2D eigenvalue weighted by Gasteiger charge is -2.38. The molecule has 3 N–H and O–H groups in total. The summed E-state index contributed by atoms with van der Waals surface area (Å²) in [5, 5.41) is 16.6. The molecule has 0 saturated carbocycles. The molecule has 4 rings (SSSR count). The Morgan fingerprint density at radius 3 is 2.56 bits per heavy atom. The van der Waals surface area contributed by atoms with Gasteiger partial charge in [0.25, 0.3) is 15.9 Å². The van der Waals surface area contributed by atoms with Crippen LogP contribution in [0.3, 0.4) is 0 Å². The van der Waals surface area contributed by atoms with E-state index in [0.29, 0.717) is 17.1 Å². The van der Waals surface area contributed by atoms with Gasteiger partial charge in [-0.15, -0.1) is 0 Å². The third-order valence-corrected chi connectivity index (χ3v) is 8.43. The third-order valence-electron chi connectivity index (χ3n) is 7.04. The van der Waals surface area contributed by atoms with Crippen LogP contribution in [0.5, 0.6) is 5.75 Å². The highest BCUT2D eigenvalue weighted by Crippen LogP contribution is 2.31. The van der Waals surface area contributed by atoms with Crippen LogP contribution in [-0.2, 0) is 10.0 Å². The maximum absolute atomic E-state index is 13.7. The lowest BCUT2D eigenvalue weighted by molar-refractivity contribution is 0.0371. The van der Waals surface area contributed by atoms with E-state index in [-0.39, 0.29) is 53.5 Å². The van der Waals surface area contributed by atoms with Crippen molar-refractivity contribution >= 4 is 33.3 Å². The number of amides is 3. The largest absolute Gasteiger partial charge is 0.487 e. The van der Waals surface area contributed by atoms with Crippen molar-refractivity contribution in [1.29, 1.82) is 0 Å². The molecular formula is C28H35N5O7S. The quantitative estimate of drug-likeness (QED) is 0.363. The van der Waals surface area contributed by atoms with E-state index in [4.69, 9.17) is 9.26 Å². The molecule has 3 atom stereocenters. The Labute approximate surface area is 239 Å². The molecule has 0 aliphatic carbocycles. The van der Waals surface area contributed by atoms with Gasteiger partial charge in [0.05, 0.1) is 29.7 Å². The van der Waals surface area contributed by atoms with Crippen LogP contribution in [-0.4, -0.2) is 79.3 Å². The van der Waals surface area contributed by atoms with Crippen LogP contribution in [0.2, 0.25) is 0 Å². The van der Waals surface area contributed by atoms with Crippen molar-refractivity contribution < 1.29 is 32.4 Å². The minimum atomic E-state index is -3.90. The number of aryl methyl sites for hydroxylation is 2. The van der Waals surface area contributed by atoms with Crippen molar-refractivity contribution in [3.05, 3.63) is 65.5 Å². The van der Waals surface area contributed by atoms with E-state index in [2.05, 4.69) is 15.2 Å². The van der Waals surface area contributed by atoms with Gasteiger partial charge in [0, 0.05) is 25.2 Å². The van der Waals surface area contributed by atoms with Crippen LogP contribution in [0, 0.1) is 19.8 Å². The third kappa shape index (κ3) is 6.63. The van der Waals surface area contributed by atoms with Crippen LogP contribution in [0.25, 0.3) is 0 Å². The monoisotopic (exact) mass is 585 g/mol. The van der Waals surface area contributed by atoms with Gasteiger partial charge in [0.15, 0.2) is 5.76 Å². The lowest BCUT2D eigenvalue weighted by Crippen LogP contribution is -2.50. The minimum Gasteiger partial charge on any atom is -0.487 e. The first kappa shape index (κ1) is 29.9. The Hall–Kier alpha value is -4.10. The minimum absolute atomic E-state index is 0.0802. The number of aromatic nitrogens is 1. The average Bonchev–Trinajstić information content (AvgIpc) is 3.27. The highest BCUT2D eigenvalue weighted by Gasteiger charge is 2.34. The molecule has 3 aromatic rings. The number of carbonyl (C=O) groups excluding carboxylic acids is 2. The molecule has 1 aromatic heterocycles. The molecule has 0 fully saturated rings. The van der Waals surface area contributed by atoms with Crippen molar-refractivity contribution in [3.63, 3.8) is 0 Å². The first-order valence-corrected chi connectivity index (χ1v) is 14.6. The number of nitrogens with zero attached hydrogens (tertiary/aromatic N) is 3. The Bertz CT molecular complexity index is 1490. The second-order valence-electron chi connectivity index (χ2n) is 10.3. The molecule has 3 amide bonds. The maximum atomic E-state index is 13.7. The first-order chi connectivity index (χ1) is 19.4. The number of hydrogen-bond donors (Lipinski definition) is 3. The number of aliphatic hydroxyl groups is 1. The van der Waals surface area contributed by atoms with E-state index in [9.17, 15) is 23.1 Å². The fourth-order valence-electron chi connectivity index (χ4n) is 4.53. The molecule has 0 spiro atoms. The number of urea groups is 1. The lowest BCUT2D eigenvalue weighted by atomic mass is 9.99. The van der Waals surface area contributed by atoms with Gasteiger partial charge < -0.3 is 29.5 Å². The summed E-state index contributed by atoms with van der Waals surface area (Å²) in [7, 11) is -2.27. The SMILES string of the molecule is Cc1noc(C)c1NC(=O)N(C)C[C@@H]1Oc2ccc(NS(=O)(=O)c3ccccc3)cc2C(=O)N([C@H](C)CO)C[C@H]1C. The second-order valence-corrected chi connectivity index (χ2v) is 11.9. The Balaban J connectivity index is 1.62. The molecule has 0 radical (unpaired) electrons. The van der Waals surface area contributed by atoms with Crippen molar-refractivity contribution in [2.24, 2.45) is 5.92 Å². The molecule has 220 valence electrons. The molecule has 1 aliphatic heterocycles. The number of aliphatic hydroxyl groups excluding tert-OH is 1. The topological polar surface area (TPSA) is 154 Å². The van der Waals surface area contributed by atoms with Gasteiger partial charge in [0.2, 0.25) is 0 Å². The van der Waals surface area contributed by atoms with Crippen LogP contribution in [0.4, 0.5) is 16.2 Å². The van der Waals surface area contributed by atoms with Crippen molar-refractivity contribution in [1.82, 2.24) is 15.0 Å². The van der Waals surface area contributed by atoms with E-state index in [1.54, 1.807) is 50.9 Å². The molecule has 2 aromatic carbocycles. The number of likely N-dealkylation sites (N-methyl/N-ethyl adjacent to an activating group) is 1. The van der Waals surface area contributed by atoms with E-state index in [1.165, 1.54) is 35.2 Å². The summed E-state index contributed by atoms with van der Waals surface area (Å²) in [6.45, 7) is 7.21. The summed E-state index contributed by atoms with van der Waals surface area (Å²) >= 11 is 0. The Morgan fingerprint density at radius 2 is 1.93 bits per heavy atom. The van der Waals surface area contributed by atoms with Crippen LogP contribution < -0.4 is 14.8 Å². The first-order valence-electron chi connectivity index (χ1n) is 13.2. The number of sulfonamides is 1. The fraction of sp³-hybridized carbons (Fsp3) is 0.393. The molecule has 0 saturated heterocycles. The van der Waals surface area contributed by atoms with Crippen molar-refractivity contribution in [2.45, 2.75) is 44.7 Å². The van der Waals surface area contributed by atoms with Gasteiger partial charge in [-0.2, -0.15) is 0 Å². The highest BCUT2D eigenvalue weighted by molar-refractivity contribution is 7.92. The Morgan fingerprint density at radius 1 is 1.22 bits per heavy atom.